The number of hydrogen-bond donors (Lipinski definition) is 0. The van der Waals surface area contributed by atoms with Crippen LogP contribution in [0.4, 0.5) is 0 Å². The van der Waals surface area contributed by atoms with E-state index in [1.807, 2.05) is 297 Å². The van der Waals surface area contributed by atoms with Crippen LogP contribution in [0, 0.1) is 0 Å². The Kier molecular flexibility index (Phi) is 47.5. The molecule has 17 rings (SSSR count). The zero-order valence-corrected chi connectivity index (χ0v) is 77.5. The maximum atomic E-state index is 6.48. The summed E-state index contributed by atoms with van der Waals surface area (Å²) in [7, 11) is 0. The van der Waals surface area contributed by atoms with E-state index in [4.69, 9.17) is 18.9 Å². The van der Waals surface area contributed by atoms with Crippen molar-refractivity contribution < 1.29 is 18.9 Å². The van der Waals surface area contributed by atoms with Gasteiger partial charge in [-0.25, -0.2) is 19.9 Å². The van der Waals surface area contributed by atoms with Gasteiger partial charge >= 0.3 is 0 Å². The topological polar surface area (TPSA) is 153 Å². The molecule has 2 aliphatic rings. The highest BCUT2D eigenvalue weighted by molar-refractivity contribution is 5.81. The van der Waals surface area contributed by atoms with Crippen molar-refractivity contribution in [2.75, 3.05) is 0 Å². The average Bonchev–Trinajstić information content (AvgIpc) is 1.52. The smallest absolute Gasteiger partial charge is 0.219 e. The van der Waals surface area contributed by atoms with Gasteiger partial charge in [0, 0.05) is 139 Å². The number of hydrogen-bond acceptors (Lipinski definition) is 13. The highest BCUT2D eigenvalue weighted by Gasteiger charge is 2.57. The summed E-state index contributed by atoms with van der Waals surface area (Å²) < 4.78 is 25.8. The summed E-state index contributed by atoms with van der Waals surface area (Å²) in [6.45, 7) is 49.2. The second-order valence-electron chi connectivity index (χ2n) is 26.3. The Morgan fingerprint density at radius 1 is 0.195 bits per heavy atom. The van der Waals surface area contributed by atoms with Crippen LogP contribution in [0.1, 0.15) is 201 Å². The molecule has 642 valence electrons. The molecule has 0 bridgehead atoms. The van der Waals surface area contributed by atoms with E-state index in [0.29, 0.717) is 46.5 Å². The molecule has 0 atom stereocenters. The van der Waals surface area contributed by atoms with Crippen molar-refractivity contribution >= 4 is 0 Å². The number of rotatable bonds is 14. The molecule has 6 aromatic carbocycles. The molecule has 15 aromatic rings. The fraction of sp³-hybridized carbons (Fsp3) is 0.264. The van der Waals surface area contributed by atoms with E-state index in [1.54, 1.807) is 55.8 Å². The van der Waals surface area contributed by atoms with Crippen molar-refractivity contribution in [2.24, 2.45) is 0 Å². The van der Waals surface area contributed by atoms with Crippen molar-refractivity contribution in [3.05, 3.63) is 370 Å². The minimum atomic E-state index is -0.352. The summed E-state index contributed by atoms with van der Waals surface area (Å²) in [5.41, 5.74) is 17.9. The molecule has 123 heavy (non-hydrogen) atoms. The summed E-state index contributed by atoms with van der Waals surface area (Å²) in [6, 6.07) is 86.9. The Hall–Kier alpha value is -13.1. The maximum Gasteiger partial charge on any atom is 0.219 e. The molecule has 1 spiro atoms. The first-order valence-electron chi connectivity index (χ1n) is 44.1. The molecule has 0 radical (unpaired) electrons. The van der Waals surface area contributed by atoms with Crippen LogP contribution in [0.5, 0.6) is 46.5 Å². The standard InChI is InChI=1S/C41H36N4O4.C21H15N3.C17H13N.C11H9N.10C2H6/c1-39(2)25-41(29-23-33(48-37-15-7-11-19-44-37)31(21-27(29)39)46-35-13-5-9-17-42-35)26-40(3,4)28-22-32(47-36-14-6-10-18-43-36)34(24-30(28)41)49-38-16-8-12-20-45-38;1-4-16(13-22-7-1)19-10-20(17-5-2-8-23-14-17)12-21(11-19)18-6-3-9-24-15-18;1-2-6-14(7-3-1)15-8-4-9-16(12-15)17-10-5-11-18-13-17;1-2-5-10(6-3-1)11-7-4-8-12-9-11;10*1-2/h5-24H,25-26H2,1-4H3;1-15H;1-13H;1-9H;10*1-2H3. The van der Waals surface area contributed by atoms with Crippen LogP contribution in [0.15, 0.2) is 348 Å². The van der Waals surface area contributed by atoms with E-state index < -0.39 is 0 Å². The average molecular weight is 1650 g/mol. The van der Waals surface area contributed by atoms with Crippen LogP contribution in [0.25, 0.3) is 66.8 Å². The van der Waals surface area contributed by atoms with Crippen LogP contribution in [0.3, 0.4) is 0 Å². The third kappa shape index (κ3) is 29.6. The zero-order chi connectivity index (χ0) is 90.3. The largest absolute Gasteiger partial charge is 0.435 e. The van der Waals surface area contributed by atoms with Crippen molar-refractivity contribution in [3.63, 3.8) is 0 Å². The van der Waals surface area contributed by atoms with Gasteiger partial charge in [0.05, 0.1) is 0 Å². The fourth-order valence-corrected chi connectivity index (χ4v) is 13.7. The summed E-state index contributed by atoms with van der Waals surface area (Å²) in [6.07, 6.45) is 27.0. The number of benzene rings is 6. The molecule has 2 aliphatic carbocycles. The molecular weight excluding hydrogens is 1510 g/mol. The molecule has 9 aromatic heterocycles. The third-order valence-electron chi connectivity index (χ3n) is 18.2. The first-order chi connectivity index (χ1) is 60.5. The molecule has 0 saturated heterocycles. The van der Waals surface area contributed by atoms with Crippen LogP contribution in [-0.4, -0.2) is 44.9 Å². The van der Waals surface area contributed by atoms with Crippen molar-refractivity contribution in [1.82, 2.24) is 44.9 Å². The lowest BCUT2D eigenvalue weighted by Crippen LogP contribution is -2.27. The van der Waals surface area contributed by atoms with E-state index in [0.717, 1.165) is 57.3 Å². The number of pyridine rings is 9. The lowest BCUT2D eigenvalue weighted by atomic mass is 9.72. The van der Waals surface area contributed by atoms with Gasteiger partial charge in [0.2, 0.25) is 23.5 Å². The van der Waals surface area contributed by atoms with Crippen LogP contribution in [-0.2, 0) is 16.2 Å². The van der Waals surface area contributed by atoms with Gasteiger partial charge in [0.1, 0.15) is 0 Å². The molecule has 13 nitrogen and oxygen atoms in total. The molecule has 13 heteroatoms. The molecule has 0 N–H and O–H groups in total. The Morgan fingerprint density at radius 2 is 0.407 bits per heavy atom. The van der Waals surface area contributed by atoms with Gasteiger partial charge in [0.15, 0.2) is 23.0 Å². The molecule has 9 heterocycles. The molecule has 0 aliphatic heterocycles. The van der Waals surface area contributed by atoms with E-state index >= 15 is 0 Å². The lowest BCUT2D eigenvalue weighted by Gasteiger charge is -2.31. The Labute approximate surface area is 737 Å². The van der Waals surface area contributed by atoms with Gasteiger partial charge < -0.3 is 18.9 Å². The predicted molar refractivity (Wildman–Crippen MR) is 521 cm³/mol. The van der Waals surface area contributed by atoms with Crippen LogP contribution < -0.4 is 18.9 Å². The first-order valence-corrected chi connectivity index (χ1v) is 44.1. The summed E-state index contributed by atoms with van der Waals surface area (Å²) in [4.78, 5) is 38.7. The van der Waals surface area contributed by atoms with E-state index in [-0.39, 0.29) is 16.2 Å². The zero-order valence-electron chi connectivity index (χ0n) is 77.5. The first kappa shape index (κ1) is 102. The molecule has 0 saturated carbocycles. The minimum absolute atomic E-state index is 0.191. The van der Waals surface area contributed by atoms with Crippen LogP contribution in [0.2, 0.25) is 0 Å². The van der Waals surface area contributed by atoms with Gasteiger partial charge in [-0.2, -0.15) is 0 Å². The minimum Gasteiger partial charge on any atom is -0.435 e. The van der Waals surface area contributed by atoms with Crippen molar-refractivity contribution in [3.8, 4) is 113 Å². The number of nitrogens with zero attached hydrogens (tertiary/aromatic N) is 9. The SMILES string of the molecule is CC.CC.CC.CC.CC.CC.CC.CC.CC.CC.CC1(C)CC2(CC(C)(C)c3cc(Oc4ccccn4)c(Oc4ccccn4)cc32)c2cc(Oc3ccccn3)c(Oc3ccccn3)cc21.c1ccc(-c2cccc(-c3cccnc3)c2)cc1.c1ccc(-c2cccnc2)cc1.c1cncc(-c2cc(-c3cccnc3)cc(-c3cccnc3)c2)c1. The quantitative estimate of drug-likeness (QED) is 0.102. The van der Waals surface area contributed by atoms with Gasteiger partial charge in [0.25, 0.3) is 0 Å². The van der Waals surface area contributed by atoms with Gasteiger partial charge in [-0.15, -0.1) is 0 Å². The normalized spacial score (nSPS) is 11.4. The van der Waals surface area contributed by atoms with Gasteiger partial charge in [-0.05, 0) is 194 Å². The second kappa shape index (κ2) is 57.2. The summed E-state index contributed by atoms with van der Waals surface area (Å²) in [5, 5.41) is 0. The summed E-state index contributed by atoms with van der Waals surface area (Å²) in [5.74, 6) is 4.26. The number of fused-ring (bicyclic) bond motifs is 4. The fourth-order valence-electron chi connectivity index (χ4n) is 13.7. The van der Waals surface area contributed by atoms with Crippen LogP contribution >= 0.6 is 0 Å². The van der Waals surface area contributed by atoms with Gasteiger partial charge in [-0.3, -0.25) is 24.9 Å². The molecular formula is C110H133N9O4. The lowest BCUT2D eigenvalue weighted by molar-refractivity contribution is 0.349. The van der Waals surface area contributed by atoms with Crippen molar-refractivity contribution in [1.29, 1.82) is 0 Å². The van der Waals surface area contributed by atoms with Crippen molar-refractivity contribution in [2.45, 2.75) is 195 Å². The van der Waals surface area contributed by atoms with E-state index in [9.17, 15) is 0 Å². The van der Waals surface area contributed by atoms with E-state index in [1.165, 1.54) is 44.5 Å². The molecule has 0 amide bonds. The van der Waals surface area contributed by atoms with E-state index in [2.05, 4.69) is 206 Å². The summed E-state index contributed by atoms with van der Waals surface area (Å²) >= 11 is 0. The maximum absolute atomic E-state index is 6.48. The number of aromatic nitrogens is 9. The number of ether oxygens (including phenoxy) is 4. The second-order valence-corrected chi connectivity index (χ2v) is 26.3. The Bertz CT molecular complexity index is 4850. The highest BCUT2D eigenvalue weighted by atomic mass is 16.5. The Morgan fingerprint density at radius 3 is 0.659 bits per heavy atom. The van der Waals surface area contributed by atoms with Gasteiger partial charge in [-0.1, -0.05) is 300 Å². The highest BCUT2D eigenvalue weighted by Crippen LogP contribution is 2.65. The predicted octanol–water partition coefficient (Wildman–Crippen LogP) is 32.4. The Balaban J connectivity index is 0.000000358. The monoisotopic (exact) mass is 1640 g/mol. The molecule has 0 fully saturated rings. The third-order valence-corrected chi connectivity index (χ3v) is 18.2. The molecule has 0 unspecified atom stereocenters.